The Morgan fingerprint density at radius 1 is 0.794 bits per heavy atom. The minimum atomic E-state index is -6.26. The zero-order valence-electron chi connectivity index (χ0n) is 17.2. The summed E-state index contributed by atoms with van der Waals surface area (Å²) in [5, 5.41) is 2.08. The summed E-state index contributed by atoms with van der Waals surface area (Å²) in [5.74, 6) is 0.870. The Labute approximate surface area is 206 Å². The molecule has 0 atom stereocenters. The maximum absolute atomic E-state index is 15.3. The van der Waals surface area contributed by atoms with Crippen molar-refractivity contribution in [3.63, 3.8) is 0 Å². The van der Waals surface area contributed by atoms with E-state index in [0.29, 0.717) is 5.75 Å². The first-order valence-electron chi connectivity index (χ1n) is 10.4. The number of halogens is 6. The molecular weight excluding hydrogens is 673 g/mol. The van der Waals surface area contributed by atoms with E-state index in [-0.39, 0.29) is 14.8 Å². The molecule has 4 aromatic carbocycles. The van der Waals surface area contributed by atoms with Crippen LogP contribution in [0.5, 0.6) is 11.5 Å². The summed E-state index contributed by atoms with van der Waals surface area (Å²) in [7, 11) is 0. The first-order chi connectivity index (χ1) is 16.5. The second-order valence-corrected chi connectivity index (χ2v) is 15.5. The summed E-state index contributed by atoms with van der Waals surface area (Å²) in [6, 6.07) is 24.0. The van der Waals surface area contributed by atoms with Gasteiger partial charge in [0, 0.05) is 0 Å². The number of benzene rings is 4. The fourth-order valence-corrected chi connectivity index (χ4v) is 11.5. The Kier molecular flexibility index (Phi) is 4.46. The van der Waals surface area contributed by atoms with Gasteiger partial charge in [0.1, 0.15) is 0 Å². The number of nitrogens with zero attached hydrogens (tertiary/aromatic N) is 2. The molecule has 0 N–H and O–H groups in total. The zero-order chi connectivity index (χ0) is 23.2. The van der Waals surface area contributed by atoms with Crippen LogP contribution in [0.15, 0.2) is 80.2 Å². The van der Waals surface area contributed by atoms with Crippen LogP contribution >= 0.6 is 40.6 Å². The second kappa shape index (κ2) is 7.26. The predicted molar refractivity (Wildman–Crippen MR) is 146 cm³/mol. The first kappa shape index (κ1) is 20.9. The molecule has 0 spiro atoms. The molecule has 0 fully saturated rings. The van der Waals surface area contributed by atoms with E-state index in [4.69, 9.17) is 4.74 Å². The van der Waals surface area contributed by atoms with Crippen molar-refractivity contribution in [1.82, 2.24) is 4.57 Å². The average Bonchev–Trinajstić information content (AvgIpc) is 3.16. The summed E-state index contributed by atoms with van der Waals surface area (Å²) >= 11 is -11.2. The third-order valence-corrected chi connectivity index (χ3v) is 14.5. The first-order valence-corrected chi connectivity index (χ1v) is 16.6. The molecule has 0 saturated heterocycles. The van der Waals surface area contributed by atoms with Crippen LogP contribution in [0, 0.1) is 3.57 Å². The van der Waals surface area contributed by atoms with Crippen LogP contribution in [0.25, 0.3) is 27.5 Å². The van der Waals surface area contributed by atoms with Gasteiger partial charge in [-0.25, -0.2) is 0 Å². The van der Waals surface area contributed by atoms with Crippen molar-refractivity contribution in [2.75, 3.05) is 0 Å². The van der Waals surface area contributed by atoms with E-state index < -0.39 is 47.4 Å². The number of ether oxygens (including phenoxy) is 1. The van der Waals surface area contributed by atoms with E-state index in [2.05, 4.69) is 5.93 Å². The van der Waals surface area contributed by atoms with Gasteiger partial charge in [0.05, 0.1) is 0 Å². The van der Waals surface area contributed by atoms with Crippen LogP contribution in [0.2, 0.25) is 0 Å². The van der Waals surface area contributed by atoms with Crippen molar-refractivity contribution >= 4 is 85.6 Å². The van der Waals surface area contributed by atoms with Crippen LogP contribution in [0.1, 0.15) is 0 Å². The molecule has 3 heterocycles. The molecule has 34 heavy (non-hydrogen) atoms. The van der Waals surface area contributed by atoms with E-state index in [9.17, 15) is 5.72 Å². The van der Waals surface area contributed by atoms with E-state index >= 15 is 5.72 Å². The summed E-state index contributed by atoms with van der Waals surface area (Å²) in [5.41, 5.74) is 4.71. The fraction of sp³-hybridized carbons (Fsp3) is 0. The molecule has 0 unspecified atom stereocenters. The van der Waals surface area contributed by atoms with Crippen molar-refractivity contribution < 1.29 is 16.2 Å². The summed E-state index contributed by atoms with van der Waals surface area (Å²) in [6.07, 6.45) is 0. The summed E-state index contributed by atoms with van der Waals surface area (Å²) < 4.78 is 67.6. The van der Waals surface area contributed by atoms with Gasteiger partial charge in [-0.3, -0.25) is 0 Å². The van der Waals surface area contributed by atoms with Gasteiger partial charge in [-0.05, 0) is 0 Å². The monoisotopic (exact) mass is 686 g/mol. The fourth-order valence-electron chi connectivity index (χ4n) is 5.39. The topological polar surface area (TPSA) is 26.5 Å². The molecule has 2 aliphatic heterocycles. The minimum absolute atomic E-state index is 0.273. The van der Waals surface area contributed by atoms with E-state index in [0.717, 1.165) is 38.4 Å². The molecule has 5 aromatic rings. The standard InChI is InChI=1S/C24H13BF4I2N2O/c26-30(27)32-31(28,29)17-9-4-12-20-22(17)25-16-8-3-7-15-14-6-1-2-10-18(14)33(24(15)16)19-11-5-13-21(34-20)23(19)25/h1-13H. The van der Waals surface area contributed by atoms with Gasteiger partial charge < -0.3 is 0 Å². The Bertz CT molecular complexity index is 1730. The SMILES string of the molecule is FI(F)N=I(F)(F)c1cccc2c1B1c3c(cccc3-n3c4ccccc4c4cccc1c43)O2. The average molecular weight is 686 g/mol. The van der Waals surface area contributed by atoms with Crippen molar-refractivity contribution in [2.45, 2.75) is 0 Å². The van der Waals surface area contributed by atoms with Crippen molar-refractivity contribution in [3.05, 3.63) is 82.4 Å². The molecule has 170 valence electrons. The normalized spacial score (nSPS) is 14.5. The van der Waals surface area contributed by atoms with Crippen LogP contribution in [0.4, 0.5) is 11.4 Å². The third kappa shape index (κ3) is 2.75. The maximum atomic E-state index is 15.3. The van der Waals surface area contributed by atoms with Crippen LogP contribution in [0.3, 0.4) is 0 Å². The molecule has 3 nitrogen and oxygen atoms in total. The van der Waals surface area contributed by atoms with Crippen molar-refractivity contribution in [1.29, 1.82) is 0 Å². The number of rotatable bonds is 2. The predicted octanol–water partition coefficient (Wildman–Crippen LogP) is 7.07. The van der Waals surface area contributed by atoms with E-state index in [1.807, 2.05) is 60.7 Å². The van der Waals surface area contributed by atoms with E-state index in [1.165, 1.54) is 12.1 Å². The van der Waals surface area contributed by atoms with E-state index in [1.54, 1.807) is 6.07 Å². The molecule has 1 aromatic heterocycles. The number of hydrogen-bond acceptors (Lipinski definition) is 2. The molecular formula is C24H13BF4I2N2O. The molecule has 0 aliphatic carbocycles. The van der Waals surface area contributed by atoms with Crippen molar-refractivity contribution in [3.8, 4) is 17.2 Å². The van der Waals surface area contributed by atoms with Gasteiger partial charge in [-0.15, -0.1) is 0 Å². The summed E-state index contributed by atoms with van der Waals surface area (Å²) in [6.45, 7) is -0.558. The molecule has 7 rings (SSSR count). The van der Waals surface area contributed by atoms with Crippen LogP contribution < -0.4 is 21.1 Å². The Morgan fingerprint density at radius 2 is 1.50 bits per heavy atom. The van der Waals surface area contributed by atoms with Gasteiger partial charge in [0.2, 0.25) is 0 Å². The number of fused-ring (bicyclic) bond motifs is 7. The molecule has 0 radical (unpaired) electrons. The third-order valence-electron chi connectivity index (χ3n) is 6.50. The Morgan fingerprint density at radius 3 is 2.32 bits per heavy atom. The number of aromatic nitrogens is 1. The molecule has 2 aliphatic rings. The van der Waals surface area contributed by atoms with Gasteiger partial charge in [0.15, 0.2) is 0 Å². The molecule has 0 saturated carbocycles. The van der Waals surface area contributed by atoms with Gasteiger partial charge in [0.25, 0.3) is 0 Å². The molecule has 10 heteroatoms. The zero-order valence-corrected chi connectivity index (χ0v) is 21.5. The van der Waals surface area contributed by atoms with Gasteiger partial charge in [-0.1, -0.05) is 0 Å². The molecule has 0 bridgehead atoms. The number of para-hydroxylation sites is 2. The van der Waals surface area contributed by atoms with Crippen LogP contribution in [-0.4, -0.2) is 11.3 Å². The molecule has 0 amide bonds. The van der Waals surface area contributed by atoms with Gasteiger partial charge >= 0.3 is 207 Å². The number of hydrogen-bond donors (Lipinski definition) is 0. The quantitative estimate of drug-likeness (QED) is 0.109. The van der Waals surface area contributed by atoms with Gasteiger partial charge in [-0.2, -0.15) is 0 Å². The summed E-state index contributed by atoms with van der Waals surface area (Å²) in [4.78, 5) is 0. The Hall–Kier alpha value is -2.48. The Balaban J connectivity index is 1.66. The van der Waals surface area contributed by atoms with Crippen molar-refractivity contribution in [2.24, 2.45) is 1.36 Å². The van der Waals surface area contributed by atoms with Crippen LogP contribution in [-0.2, 0) is 0 Å². The second-order valence-electron chi connectivity index (χ2n) is 8.13.